The second-order valence-corrected chi connectivity index (χ2v) is 11.7. The van der Waals surface area contributed by atoms with Gasteiger partial charge in [0.25, 0.3) is 5.91 Å². The molecule has 0 aliphatic carbocycles. The third-order valence-electron chi connectivity index (χ3n) is 6.26. The molecule has 0 spiro atoms. The van der Waals surface area contributed by atoms with Crippen LogP contribution in [0.3, 0.4) is 0 Å². The van der Waals surface area contributed by atoms with E-state index in [4.69, 9.17) is 15.2 Å². The normalized spacial score (nSPS) is 15.2. The van der Waals surface area contributed by atoms with E-state index < -0.39 is 29.2 Å². The fourth-order valence-corrected chi connectivity index (χ4v) is 5.30. The van der Waals surface area contributed by atoms with Crippen molar-refractivity contribution in [1.82, 2.24) is 9.97 Å². The van der Waals surface area contributed by atoms with Gasteiger partial charge in [0, 0.05) is 24.0 Å². The highest BCUT2D eigenvalue weighted by molar-refractivity contribution is 7.10. The highest BCUT2D eigenvalue weighted by Gasteiger charge is 2.28. The molecule has 4 heterocycles. The van der Waals surface area contributed by atoms with Gasteiger partial charge in [-0.25, -0.2) is 18.7 Å². The van der Waals surface area contributed by atoms with Gasteiger partial charge in [0.05, 0.1) is 43.1 Å². The summed E-state index contributed by atoms with van der Waals surface area (Å²) in [5.41, 5.74) is 4.84. The molecule has 1 aliphatic heterocycles. The Bertz CT molecular complexity index is 1380. The van der Waals surface area contributed by atoms with Crippen molar-refractivity contribution < 1.29 is 27.8 Å². The summed E-state index contributed by atoms with van der Waals surface area (Å²) in [6, 6.07) is 5.40. The number of morpholine rings is 1. The lowest BCUT2D eigenvalue weighted by Gasteiger charge is -2.28. The lowest BCUT2D eigenvalue weighted by Crippen LogP contribution is -2.37. The van der Waals surface area contributed by atoms with E-state index in [2.05, 4.69) is 20.6 Å². The first kappa shape index (κ1) is 30.1. The molecular formula is C28H34F2N6O4S. The topological polar surface area (TPSA) is 132 Å². The Morgan fingerprint density at radius 3 is 2.54 bits per heavy atom. The van der Waals surface area contributed by atoms with E-state index in [1.165, 1.54) is 23.6 Å². The molecule has 1 aliphatic rings. The third kappa shape index (κ3) is 7.88. The number of anilines is 4. The zero-order valence-corrected chi connectivity index (χ0v) is 24.2. The van der Waals surface area contributed by atoms with Gasteiger partial charge < -0.3 is 30.7 Å². The Labute approximate surface area is 241 Å². The van der Waals surface area contributed by atoms with Gasteiger partial charge >= 0.3 is 5.97 Å². The van der Waals surface area contributed by atoms with Gasteiger partial charge in [0.2, 0.25) is 0 Å². The van der Waals surface area contributed by atoms with E-state index in [-0.39, 0.29) is 47.0 Å². The zero-order chi connectivity index (χ0) is 29.7. The largest absolute Gasteiger partial charge is 0.460 e. The van der Waals surface area contributed by atoms with E-state index in [1.807, 2.05) is 24.4 Å². The maximum absolute atomic E-state index is 15.3. The molecule has 4 N–H and O–H groups in total. The fraction of sp³-hybridized carbons (Fsp3) is 0.429. The summed E-state index contributed by atoms with van der Waals surface area (Å²) in [4.78, 5) is 35.9. The number of carbonyl (C=O) groups is 2. The Kier molecular flexibility index (Phi) is 9.38. The third-order valence-corrected chi connectivity index (χ3v) is 7.21. The first-order valence-electron chi connectivity index (χ1n) is 13.2. The lowest BCUT2D eigenvalue weighted by molar-refractivity contribution is -0.155. The molecule has 0 unspecified atom stereocenters. The van der Waals surface area contributed by atoms with Gasteiger partial charge in [0.1, 0.15) is 11.4 Å². The molecule has 41 heavy (non-hydrogen) atoms. The van der Waals surface area contributed by atoms with Gasteiger partial charge in [0.15, 0.2) is 23.3 Å². The summed E-state index contributed by atoms with van der Waals surface area (Å²) < 4.78 is 41.0. The number of halogens is 2. The smallest absolute Gasteiger partial charge is 0.306 e. The molecule has 0 radical (unpaired) electrons. The van der Waals surface area contributed by atoms with Crippen molar-refractivity contribution in [1.29, 1.82) is 0 Å². The maximum atomic E-state index is 15.3. The summed E-state index contributed by atoms with van der Waals surface area (Å²) >= 11 is 1.44. The molecule has 1 saturated heterocycles. The maximum Gasteiger partial charge on any atom is 0.306 e. The van der Waals surface area contributed by atoms with E-state index in [0.717, 1.165) is 10.9 Å². The quantitative estimate of drug-likeness (QED) is 0.280. The van der Waals surface area contributed by atoms with Gasteiger partial charge in [-0.2, -0.15) is 0 Å². The molecule has 0 saturated carbocycles. The molecule has 13 heteroatoms. The van der Waals surface area contributed by atoms with Crippen LogP contribution in [0.4, 0.5) is 31.9 Å². The van der Waals surface area contributed by atoms with Gasteiger partial charge in [-0.15, -0.1) is 11.3 Å². The predicted molar refractivity (Wildman–Crippen MR) is 154 cm³/mol. The Morgan fingerprint density at radius 2 is 1.93 bits per heavy atom. The van der Waals surface area contributed by atoms with Crippen LogP contribution in [0.2, 0.25) is 0 Å². The summed E-state index contributed by atoms with van der Waals surface area (Å²) in [7, 11) is 0. The zero-order valence-electron chi connectivity index (χ0n) is 23.4. The van der Waals surface area contributed by atoms with Crippen LogP contribution in [0.5, 0.6) is 0 Å². The van der Waals surface area contributed by atoms with Crippen LogP contribution >= 0.6 is 11.3 Å². The lowest BCUT2D eigenvalue weighted by atomic mass is 9.96. The minimum atomic E-state index is -0.920. The van der Waals surface area contributed by atoms with Crippen LogP contribution in [-0.4, -0.2) is 53.7 Å². The minimum absolute atomic E-state index is 0.0688. The monoisotopic (exact) mass is 588 g/mol. The first-order chi connectivity index (χ1) is 19.4. The van der Waals surface area contributed by atoms with Crippen molar-refractivity contribution in [3.63, 3.8) is 0 Å². The minimum Gasteiger partial charge on any atom is -0.460 e. The van der Waals surface area contributed by atoms with Crippen LogP contribution < -0.4 is 21.3 Å². The number of pyridine rings is 2. The number of rotatable bonds is 10. The number of esters is 1. The van der Waals surface area contributed by atoms with Crippen molar-refractivity contribution in [2.24, 2.45) is 11.7 Å². The number of hydrogen-bond acceptors (Lipinski definition) is 10. The number of amides is 1. The number of ether oxygens (including phenoxy) is 2. The summed E-state index contributed by atoms with van der Waals surface area (Å²) in [5, 5.41) is 7.82. The number of thiophene rings is 1. The number of carbonyl (C=O) groups excluding carboxylic acids is 2. The Morgan fingerprint density at radius 1 is 1.20 bits per heavy atom. The van der Waals surface area contributed by atoms with Crippen LogP contribution in [0, 0.1) is 17.6 Å². The van der Waals surface area contributed by atoms with E-state index in [0.29, 0.717) is 26.3 Å². The fourth-order valence-electron chi connectivity index (χ4n) is 4.39. The van der Waals surface area contributed by atoms with E-state index >= 15 is 4.39 Å². The molecule has 2 atom stereocenters. The molecule has 4 rings (SSSR count). The summed E-state index contributed by atoms with van der Waals surface area (Å²) in [6.45, 7) is 9.18. The highest BCUT2D eigenvalue weighted by Crippen LogP contribution is 2.34. The molecule has 0 aromatic carbocycles. The summed E-state index contributed by atoms with van der Waals surface area (Å²) in [5.74, 6) is -3.09. The predicted octanol–water partition coefficient (Wildman–Crippen LogP) is 5.02. The average Bonchev–Trinajstić information content (AvgIpc) is 3.42. The number of nitrogens with two attached hydrogens (primary N) is 1. The Hall–Kier alpha value is -3.84. The Balaban J connectivity index is 1.61. The molecule has 1 amide bonds. The molecule has 3 aromatic rings. The van der Waals surface area contributed by atoms with Crippen LogP contribution in [0.15, 0.2) is 35.8 Å². The van der Waals surface area contributed by atoms with Gasteiger partial charge in [-0.1, -0.05) is 13.0 Å². The number of nitrogens with one attached hydrogen (secondary N) is 2. The number of aromatic nitrogens is 2. The molecule has 3 aromatic heterocycles. The van der Waals surface area contributed by atoms with Crippen LogP contribution in [0.25, 0.3) is 0 Å². The van der Waals surface area contributed by atoms with Gasteiger partial charge in [-0.3, -0.25) is 9.59 Å². The number of primary amides is 1. The molecular weight excluding hydrogens is 554 g/mol. The first-order valence-corrected chi connectivity index (χ1v) is 14.1. The SMILES string of the molecule is C[C@H](CC(=O)OC(C)(C)C)[C@H](Nc1nc(Nc2cnc(N3CCOCC3)c(F)c2)c(C(N)=O)cc1F)c1cccs1. The number of hydrogen-bond donors (Lipinski definition) is 3. The average molecular weight is 589 g/mol. The van der Waals surface area contributed by atoms with Crippen LogP contribution in [0.1, 0.15) is 55.4 Å². The molecule has 0 bridgehead atoms. The van der Waals surface area contributed by atoms with Crippen molar-refractivity contribution in [3.8, 4) is 0 Å². The number of nitrogens with zero attached hydrogens (tertiary/aromatic N) is 3. The van der Waals surface area contributed by atoms with Crippen molar-refractivity contribution in [2.45, 2.75) is 45.8 Å². The van der Waals surface area contributed by atoms with Gasteiger partial charge in [-0.05, 0) is 44.2 Å². The second-order valence-electron chi connectivity index (χ2n) is 10.7. The van der Waals surface area contributed by atoms with Crippen LogP contribution in [-0.2, 0) is 14.3 Å². The van der Waals surface area contributed by atoms with E-state index in [9.17, 15) is 14.0 Å². The standard InChI is InChI=1S/C28H34F2N6O4S/c1-16(12-22(37)40-28(2,3)4)23(21-6-5-11-41-21)34-26-19(29)14-18(24(31)38)25(35-26)33-17-13-20(30)27(32-15-17)36-7-9-39-10-8-36/h5-6,11,13-16,23H,7-10,12H2,1-4H3,(H2,31,38)(H2,33,34,35)/t16-,23+/m1/s1. The second kappa shape index (κ2) is 12.8. The summed E-state index contributed by atoms with van der Waals surface area (Å²) in [6.07, 6.45) is 1.47. The molecule has 1 fully saturated rings. The van der Waals surface area contributed by atoms with Crippen molar-refractivity contribution in [3.05, 3.63) is 57.9 Å². The van der Waals surface area contributed by atoms with Crippen molar-refractivity contribution in [2.75, 3.05) is 41.8 Å². The van der Waals surface area contributed by atoms with E-state index in [1.54, 1.807) is 25.7 Å². The molecule has 220 valence electrons. The van der Waals surface area contributed by atoms with Crippen molar-refractivity contribution >= 4 is 46.4 Å². The highest BCUT2D eigenvalue weighted by atomic mass is 32.1. The molecule has 10 nitrogen and oxygen atoms in total.